The summed E-state index contributed by atoms with van der Waals surface area (Å²) < 4.78 is 6.98. The van der Waals surface area contributed by atoms with E-state index in [-0.39, 0.29) is 0 Å². The molecule has 0 aliphatic rings. The highest BCUT2D eigenvalue weighted by molar-refractivity contribution is 5.71. The number of aryl methyl sites for hydroxylation is 1. The van der Waals surface area contributed by atoms with Gasteiger partial charge in [-0.2, -0.15) is 4.98 Å². The van der Waals surface area contributed by atoms with E-state index in [4.69, 9.17) is 4.74 Å². The maximum Gasteiger partial charge on any atom is 0.225 e. The van der Waals surface area contributed by atoms with Gasteiger partial charge < -0.3 is 15.4 Å². The standard InChI is InChI=1S/C21H21N7O/c1-28-21(25-16-5-3-6-17(13-16)29-2)26-20(27-28)18-7-4-10-23-19(18)24-14-15-8-11-22-12-9-15/h3-13H,14H2,1-2H3,(H,23,24)(H,25,26,27). The Bertz CT molecular complexity index is 1100. The van der Waals surface area contributed by atoms with Crippen LogP contribution in [-0.2, 0) is 13.6 Å². The van der Waals surface area contributed by atoms with Crippen LogP contribution < -0.4 is 15.4 Å². The number of pyridine rings is 2. The first-order chi connectivity index (χ1) is 14.2. The third kappa shape index (κ3) is 4.32. The largest absolute Gasteiger partial charge is 0.497 e. The number of benzene rings is 1. The molecule has 0 saturated carbocycles. The van der Waals surface area contributed by atoms with E-state index < -0.39 is 0 Å². The van der Waals surface area contributed by atoms with E-state index in [2.05, 4.69) is 30.7 Å². The molecule has 29 heavy (non-hydrogen) atoms. The molecule has 0 bridgehead atoms. The molecule has 0 fully saturated rings. The molecule has 0 aliphatic carbocycles. The van der Waals surface area contributed by atoms with Crippen LogP contribution in [0.4, 0.5) is 17.5 Å². The SMILES string of the molecule is COc1cccc(Nc2nc(-c3cccnc3NCc3ccncc3)nn2C)c1. The zero-order valence-electron chi connectivity index (χ0n) is 16.2. The Hall–Kier alpha value is -3.94. The lowest BCUT2D eigenvalue weighted by atomic mass is 10.2. The Kier molecular flexibility index (Phi) is 5.33. The first kappa shape index (κ1) is 18.4. The Labute approximate surface area is 168 Å². The van der Waals surface area contributed by atoms with Gasteiger partial charge in [-0.1, -0.05) is 6.07 Å². The van der Waals surface area contributed by atoms with Crippen LogP contribution in [0.2, 0.25) is 0 Å². The van der Waals surface area contributed by atoms with E-state index in [1.807, 2.05) is 55.6 Å². The number of aromatic nitrogens is 5. The highest BCUT2D eigenvalue weighted by Crippen LogP contribution is 2.26. The minimum atomic E-state index is 0.586. The topological polar surface area (TPSA) is 89.8 Å². The summed E-state index contributed by atoms with van der Waals surface area (Å²) in [5.74, 6) is 2.70. The fourth-order valence-corrected chi connectivity index (χ4v) is 2.85. The van der Waals surface area contributed by atoms with Gasteiger partial charge in [0, 0.05) is 43.9 Å². The molecule has 3 heterocycles. The number of hydrogen-bond donors (Lipinski definition) is 2. The van der Waals surface area contributed by atoms with E-state index in [1.165, 1.54) is 0 Å². The van der Waals surface area contributed by atoms with E-state index in [0.717, 1.165) is 28.4 Å². The highest BCUT2D eigenvalue weighted by Gasteiger charge is 2.14. The van der Waals surface area contributed by atoms with Gasteiger partial charge in [0.15, 0.2) is 5.82 Å². The summed E-state index contributed by atoms with van der Waals surface area (Å²) in [5, 5.41) is 11.2. The van der Waals surface area contributed by atoms with Gasteiger partial charge >= 0.3 is 0 Å². The Morgan fingerprint density at radius 3 is 2.72 bits per heavy atom. The molecule has 0 unspecified atom stereocenters. The molecule has 0 atom stereocenters. The number of ether oxygens (including phenoxy) is 1. The fourth-order valence-electron chi connectivity index (χ4n) is 2.85. The van der Waals surface area contributed by atoms with Crippen molar-refractivity contribution in [3.8, 4) is 17.1 Å². The molecule has 4 aromatic rings. The zero-order chi connectivity index (χ0) is 20.1. The molecular weight excluding hydrogens is 366 g/mol. The van der Waals surface area contributed by atoms with Gasteiger partial charge in [0.1, 0.15) is 11.6 Å². The van der Waals surface area contributed by atoms with Gasteiger partial charge in [-0.3, -0.25) is 4.98 Å². The summed E-state index contributed by atoms with van der Waals surface area (Å²) >= 11 is 0. The van der Waals surface area contributed by atoms with Crippen molar-refractivity contribution < 1.29 is 4.74 Å². The van der Waals surface area contributed by atoms with Gasteiger partial charge in [0.2, 0.25) is 5.95 Å². The number of hydrogen-bond acceptors (Lipinski definition) is 7. The molecule has 0 saturated heterocycles. The second-order valence-corrected chi connectivity index (χ2v) is 6.35. The molecule has 146 valence electrons. The minimum Gasteiger partial charge on any atom is -0.497 e. The average molecular weight is 387 g/mol. The van der Waals surface area contributed by atoms with Crippen LogP contribution in [0.25, 0.3) is 11.4 Å². The van der Waals surface area contributed by atoms with Crippen LogP contribution in [0.1, 0.15) is 5.56 Å². The van der Waals surface area contributed by atoms with Crippen LogP contribution in [0.3, 0.4) is 0 Å². The van der Waals surface area contributed by atoms with E-state index >= 15 is 0 Å². The predicted octanol–water partition coefficient (Wildman–Crippen LogP) is 3.64. The second-order valence-electron chi connectivity index (χ2n) is 6.35. The average Bonchev–Trinajstić information content (AvgIpc) is 3.13. The molecule has 1 aromatic carbocycles. The minimum absolute atomic E-state index is 0.586. The molecule has 4 rings (SSSR count). The van der Waals surface area contributed by atoms with E-state index in [1.54, 1.807) is 30.4 Å². The number of anilines is 3. The van der Waals surface area contributed by atoms with Crippen LogP contribution in [0.5, 0.6) is 5.75 Å². The van der Waals surface area contributed by atoms with Crippen molar-refractivity contribution in [1.29, 1.82) is 0 Å². The Balaban J connectivity index is 1.57. The molecule has 8 nitrogen and oxygen atoms in total. The quantitative estimate of drug-likeness (QED) is 0.500. The molecule has 8 heteroatoms. The van der Waals surface area contributed by atoms with Crippen molar-refractivity contribution in [2.45, 2.75) is 6.54 Å². The van der Waals surface area contributed by atoms with Crippen molar-refractivity contribution in [1.82, 2.24) is 24.7 Å². The third-order valence-corrected chi connectivity index (χ3v) is 4.35. The van der Waals surface area contributed by atoms with Gasteiger partial charge in [-0.15, -0.1) is 5.10 Å². The van der Waals surface area contributed by atoms with Crippen molar-refractivity contribution in [2.75, 3.05) is 17.7 Å². The molecule has 0 amide bonds. The second kappa shape index (κ2) is 8.39. The lowest BCUT2D eigenvalue weighted by Gasteiger charge is -2.08. The summed E-state index contributed by atoms with van der Waals surface area (Å²) in [6, 6.07) is 15.4. The summed E-state index contributed by atoms with van der Waals surface area (Å²) in [5.41, 5.74) is 2.82. The lowest BCUT2D eigenvalue weighted by Crippen LogP contribution is -2.03. The van der Waals surface area contributed by atoms with Crippen molar-refractivity contribution in [2.24, 2.45) is 7.05 Å². The molecular formula is C21H21N7O. The Morgan fingerprint density at radius 2 is 1.90 bits per heavy atom. The maximum absolute atomic E-state index is 5.27. The smallest absolute Gasteiger partial charge is 0.225 e. The normalized spacial score (nSPS) is 10.6. The monoisotopic (exact) mass is 387 g/mol. The predicted molar refractivity (Wildman–Crippen MR) is 112 cm³/mol. The highest BCUT2D eigenvalue weighted by atomic mass is 16.5. The van der Waals surface area contributed by atoms with Crippen molar-refractivity contribution >= 4 is 17.5 Å². The molecule has 0 aliphatic heterocycles. The number of methoxy groups -OCH3 is 1. The fraction of sp³-hybridized carbons (Fsp3) is 0.143. The van der Waals surface area contributed by atoms with Gasteiger partial charge in [-0.25, -0.2) is 9.67 Å². The summed E-state index contributed by atoms with van der Waals surface area (Å²) in [6.07, 6.45) is 5.29. The summed E-state index contributed by atoms with van der Waals surface area (Å²) in [7, 11) is 3.49. The third-order valence-electron chi connectivity index (χ3n) is 4.35. The first-order valence-electron chi connectivity index (χ1n) is 9.13. The summed E-state index contributed by atoms with van der Waals surface area (Å²) in [6.45, 7) is 0.633. The zero-order valence-corrected chi connectivity index (χ0v) is 16.2. The van der Waals surface area contributed by atoms with Gasteiger partial charge in [-0.05, 0) is 42.0 Å². The van der Waals surface area contributed by atoms with Crippen molar-refractivity contribution in [3.63, 3.8) is 0 Å². The maximum atomic E-state index is 5.27. The van der Waals surface area contributed by atoms with Gasteiger partial charge in [0.05, 0.1) is 12.7 Å². The number of rotatable bonds is 7. The van der Waals surface area contributed by atoms with E-state index in [9.17, 15) is 0 Å². The Morgan fingerprint density at radius 1 is 1.03 bits per heavy atom. The van der Waals surface area contributed by atoms with Gasteiger partial charge in [0.25, 0.3) is 0 Å². The number of nitrogens with one attached hydrogen (secondary N) is 2. The van der Waals surface area contributed by atoms with Crippen molar-refractivity contribution in [3.05, 3.63) is 72.7 Å². The van der Waals surface area contributed by atoms with E-state index in [0.29, 0.717) is 18.3 Å². The lowest BCUT2D eigenvalue weighted by molar-refractivity contribution is 0.415. The molecule has 3 aromatic heterocycles. The van der Waals surface area contributed by atoms with Crippen LogP contribution in [0.15, 0.2) is 67.1 Å². The molecule has 0 spiro atoms. The number of nitrogens with zero attached hydrogens (tertiary/aromatic N) is 5. The van der Waals surface area contributed by atoms with Crippen LogP contribution >= 0.6 is 0 Å². The molecule has 2 N–H and O–H groups in total. The summed E-state index contributed by atoms with van der Waals surface area (Å²) in [4.78, 5) is 13.2. The van der Waals surface area contributed by atoms with Crippen LogP contribution in [-0.4, -0.2) is 31.8 Å². The molecule has 0 radical (unpaired) electrons. The van der Waals surface area contributed by atoms with Crippen LogP contribution in [0, 0.1) is 0 Å². The first-order valence-corrected chi connectivity index (χ1v) is 9.13.